The van der Waals surface area contributed by atoms with Crippen LogP contribution < -0.4 is 10.8 Å². The Kier molecular flexibility index (Phi) is 8.74. The molecule has 5 N–H and O–H groups in total. The summed E-state index contributed by atoms with van der Waals surface area (Å²) >= 11 is 0. The second-order valence-electron chi connectivity index (χ2n) is 5.93. The van der Waals surface area contributed by atoms with E-state index in [-0.39, 0.29) is 18.4 Å². The van der Waals surface area contributed by atoms with Gasteiger partial charge in [0.1, 0.15) is 6.04 Å². The van der Waals surface area contributed by atoms with Crippen LogP contribution in [0.25, 0.3) is 0 Å². The number of hydroxylamine groups is 1. The van der Waals surface area contributed by atoms with Gasteiger partial charge >= 0.3 is 5.97 Å². The number of halogens is 2. The third-order valence-electron chi connectivity index (χ3n) is 3.64. The molecule has 8 nitrogen and oxygen atoms in total. The fourth-order valence-corrected chi connectivity index (χ4v) is 1.97. The molecular weight excluding hydrogens is 390 g/mol. The van der Waals surface area contributed by atoms with Gasteiger partial charge in [0.25, 0.3) is 18.2 Å². The number of alkyl halides is 2. The highest BCUT2D eigenvalue weighted by Gasteiger charge is 2.46. The third-order valence-corrected chi connectivity index (χ3v) is 3.64. The van der Waals surface area contributed by atoms with Crippen LogP contribution in [0.5, 0.6) is 0 Å². The van der Waals surface area contributed by atoms with Crippen LogP contribution >= 0.6 is 0 Å². The van der Waals surface area contributed by atoms with Crippen molar-refractivity contribution in [3.8, 4) is 23.7 Å². The lowest BCUT2D eigenvalue weighted by atomic mass is 9.95. The van der Waals surface area contributed by atoms with E-state index in [0.29, 0.717) is 12.5 Å². The molecule has 1 rings (SSSR count). The quantitative estimate of drug-likeness (QED) is 0.254. The standard InChI is InChI=1S/C19H18F2N2O6/c1-19(28,18(20)21)15(17(27)23-29)22-16(26)13-10-8-12(9-11-13)6-4-2-3-5-7-14(24)25/h8-11,15,18,28-29H,5,7H2,1H3,(H,22,26)(H,23,27)(H,24,25)/t15-,19?/m1/s1. The van der Waals surface area contributed by atoms with E-state index in [2.05, 4.69) is 23.7 Å². The molecule has 1 aromatic rings. The van der Waals surface area contributed by atoms with Gasteiger partial charge in [-0.25, -0.2) is 14.3 Å². The lowest BCUT2D eigenvalue weighted by Crippen LogP contribution is -2.61. The number of hydrogen-bond donors (Lipinski definition) is 5. The van der Waals surface area contributed by atoms with Crippen LogP contribution in [0.3, 0.4) is 0 Å². The van der Waals surface area contributed by atoms with Crippen LogP contribution in [0.15, 0.2) is 24.3 Å². The second kappa shape index (κ2) is 10.8. The Balaban J connectivity index is 2.85. The number of rotatable bonds is 7. The van der Waals surface area contributed by atoms with Crippen molar-refractivity contribution < 1.29 is 38.6 Å². The molecule has 0 saturated heterocycles. The number of carboxylic acid groups (broad SMARTS) is 1. The lowest BCUT2D eigenvalue weighted by molar-refractivity contribution is -0.149. The number of amides is 2. The molecule has 2 amide bonds. The van der Waals surface area contributed by atoms with Gasteiger partial charge in [0, 0.05) is 17.5 Å². The van der Waals surface area contributed by atoms with Crippen LogP contribution in [0, 0.1) is 23.7 Å². The Morgan fingerprint density at radius 3 is 2.31 bits per heavy atom. The highest BCUT2D eigenvalue weighted by Crippen LogP contribution is 2.20. The number of hydrogen-bond acceptors (Lipinski definition) is 5. The predicted octanol–water partition coefficient (Wildman–Crippen LogP) is 0.526. The summed E-state index contributed by atoms with van der Waals surface area (Å²) in [6, 6.07) is 3.38. The summed E-state index contributed by atoms with van der Waals surface area (Å²) in [5.41, 5.74) is -1.34. The van der Waals surface area contributed by atoms with Crippen LogP contribution in [0.4, 0.5) is 8.78 Å². The van der Waals surface area contributed by atoms with Crippen LogP contribution in [0.1, 0.15) is 35.7 Å². The maximum atomic E-state index is 13.0. The van der Waals surface area contributed by atoms with Gasteiger partial charge in [0.2, 0.25) is 0 Å². The van der Waals surface area contributed by atoms with Gasteiger partial charge in [0.05, 0.1) is 6.42 Å². The van der Waals surface area contributed by atoms with E-state index >= 15 is 0 Å². The predicted molar refractivity (Wildman–Crippen MR) is 95.8 cm³/mol. The molecule has 0 saturated carbocycles. The first kappa shape index (κ1) is 23.6. The number of benzene rings is 1. The zero-order valence-electron chi connectivity index (χ0n) is 15.2. The molecule has 1 aromatic carbocycles. The molecule has 0 spiro atoms. The van der Waals surface area contributed by atoms with E-state index in [1.807, 2.05) is 5.32 Å². The monoisotopic (exact) mass is 408 g/mol. The Morgan fingerprint density at radius 1 is 1.17 bits per heavy atom. The fourth-order valence-electron chi connectivity index (χ4n) is 1.97. The average Bonchev–Trinajstić information content (AvgIpc) is 2.67. The van der Waals surface area contributed by atoms with Gasteiger partial charge in [-0.05, 0) is 43.0 Å². The van der Waals surface area contributed by atoms with Crippen molar-refractivity contribution in [1.29, 1.82) is 0 Å². The molecule has 0 aliphatic rings. The van der Waals surface area contributed by atoms with Crippen molar-refractivity contribution in [2.75, 3.05) is 0 Å². The van der Waals surface area contributed by atoms with Crippen molar-refractivity contribution in [1.82, 2.24) is 10.8 Å². The molecule has 0 bridgehead atoms. The number of carbonyl (C=O) groups is 3. The van der Waals surface area contributed by atoms with E-state index in [1.54, 1.807) is 0 Å². The smallest absolute Gasteiger partial charge is 0.304 e. The fraction of sp³-hybridized carbons (Fsp3) is 0.316. The van der Waals surface area contributed by atoms with E-state index in [1.165, 1.54) is 24.3 Å². The molecule has 1 unspecified atom stereocenters. The number of aliphatic carboxylic acids is 1. The molecule has 0 aliphatic heterocycles. The Morgan fingerprint density at radius 2 is 1.79 bits per heavy atom. The van der Waals surface area contributed by atoms with E-state index in [9.17, 15) is 28.3 Å². The Bertz CT molecular complexity index is 876. The first-order chi connectivity index (χ1) is 13.6. The van der Waals surface area contributed by atoms with Crippen molar-refractivity contribution in [3.63, 3.8) is 0 Å². The molecule has 0 aromatic heterocycles. The average molecular weight is 408 g/mol. The number of carbonyl (C=O) groups excluding carboxylic acids is 2. The Labute approximate surface area is 164 Å². The minimum atomic E-state index is -3.38. The summed E-state index contributed by atoms with van der Waals surface area (Å²) < 4.78 is 26.0. The molecule has 0 fully saturated rings. The van der Waals surface area contributed by atoms with E-state index < -0.39 is 35.9 Å². The van der Waals surface area contributed by atoms with Crippen molar-refractivity contribution in [2.45, 2.75) is 37.8 Å². The lowest BCUT2D eigenvalue weighted by Gasteiger charge is -2.30. The van der Waals surface area contributed by atoms with Gasteiger partial charge in [-0.3, -0.25) is 19.6 Å². The van der Waals surface area contributed by atoms with Crippen molar-refractivity contribution in [3.05, 3.63) is 35.4 Å². The summed E-state index contributed by atoms with van der Waals surface area (Å²) in [4.78, 5) is 34.1. The maximum Gasteiger partial charge on any atom is 0.304 e. The first-order valence-corrected chi connectivity index (χ1v) is 8.15. The van der Waals surface area contributed by atoms with E-state index in [0.717, 1.165) is 5.48 Å². The van der Waals surface area contributed by atoms with Gasteiger partial charge in [-0.1, -0.05) is 11.8 Å². The SMILES string of the molecule is CC(O)(C(F)F)[C@H](NC(=O)c1ccc(C#CC#CCCC(=O)O)cc1)C(=O)NO. The molecule has 0 aliphatic carbocycles. The summed E-state index contributed by atoms with van der Waals surface area (Å²) in [6.07, 6.45) is -3.31. The highest BCUT2D eigenvalue weighted by molar-refractivity contribution is 5.97. The summed E-state index contributed by atoms with van der Waals surface area (Å²) in [5.74, 6) is 6.91. The maximum absolute atomic E-state index is 13.0. The zero-order chi connectivity index (χ0) is 22.0. The molecule has 29 heavy (non-hydrogen) atoms. The van der Waals surface area contributed by atoms with Crippen molar-refractivity contribution in [2.24, 2.45) is 0 Å². The molecular formula is C19H18F2N2O6. The molecule has 0 radical (unpaired) electrons. The van der Waals surface area contributed by atoms with Crippen LogP contribution in [0.2, 0.25) is 0 Å². The molecule has 2 atom stereocenters. The normalized spacial score (nSPS) is 13.0. The second-order valence-corrected chi connectivity index (χ2v) is 5.93. The summed E-state index contributed by atoms with van der Waals surface area (Å²) in [5, 5.41) is 28.9. The van der Waals surface area contributed by atoms with Crippen LogP contribution in [-0.2, 0) is 9.59 Å². The zero-order valence-corrected chi connectivity index (χ0v) is 15.2. The highest BCUT2D eigenvalue weighted by atomic mass is 19.3. The number of carboxylic acids is 1. The molecule has 0 heterocycles. The Hall–Kier alpha value is -3.47. The van der Waals surface area contributed by atoms with Gasteiger partial charge in [-0.2, -0.15) is 0 Å². The first-order valence-electron chi connectivity index (χ1n) is 8.15. The largest absolute Gasteiger partial charge is 0.481 e. The molecule has 10 heteroatoms. The number of nitrogens with one attached hydrogen (secondary N) is 2. The van der Waals surface area contributed by atoms with Crippen LogP contribution in [-0.4, -0.2) is 51.3 Å². The van der Waals surface area contributed by atoms with Gasteiger partial charge in [0.15, 0.2) is 5.60 Å². The topological polar surface area (TPSA) is 136 Å². The number of aliphatic hydroxyl groups is 1. The van der Waals surface area contributed by atoms with E-state index in [4.69, 9.17) is 10.3 Å². The molecule has 154 valence electrons. The third kappa shape index (κ3) is 7.22. The minimum absolute atomic E-state index is 0.0103. The van der Waals surface area contributed by atoms with Gasteiger partial charge < -0.3 is 15.5 Å². The minimum Gasteiger partial charge on any atom is -0.481 e. The summed E-state index contributed by atoms with van der Waals surface area (Å²) in [7, 11) is 0. The summed E-state index contributed by atoms with van der Waals surface area (Å²) in [6.45, 7) is 0.647. The van der Waals surface area contributed by atoms with Gasteiger partial charge in [-0.15, -0.1) is 0 Å². The van der Waals surface area contributed by atoms with Crippen molar-refractivity contribution >= 4 is 17.8 Å².